The molecule has 2 amide bonds. The second-order valence-corrected chi connectivity index (χ2v) is 6.42. The fraction of sp³-hybridized carbons (Fsp3) is 0.450. The molecule has 0 aliphatic rings. The zero-order valence-electron chi connectivity index (χ0n) is 16.1. The van der Waals surface area contributed by atoms with Crippen LogP contribution >= 0.6 is 0 Å². The van der Waals surface area contributed by atoms with Gasteiger partial charge in [0, 0.05) is 13.1 Å². The monoisotopic (exact) mass is 388 g/mol. The van der Waals surface area contributed by atoms with Gasteiger partial charge in [-0.05, 0) is 24.8 Å². The van der Waals surface area contributed by atoms with Crippen molar-refractivity contribution in [2.24, 2.45) is 5.73 Å². The van der Waals surface area contributed by atoms with E-state index in [4.69, 9.17) is 14.9 Å². The molecule has 0 spiro atoms. The van der Waals surface area contributed by atoms with Crippen molar-refractivity contribution in [3.8, 4) is 0 Å². The van der Waals surface area contributed by atoms with Gasteiger partial charge >= 0.3 is 6.09 Å². The fourth-order valence-corrected chi connectivity index (χ4v) is 2.50. The third-order valence-electron chi connectivity index (χ3n) is 4.04. The third-order valence-corrected chi connectivity index (χ3v) is 4.04. The second kappa shape index (κ2) is 11.8. The third kappa shape index (κ3) is 7.40. The van der Waals surface area contributed by atoms with Crippen LogP contribution in [0.25, 0.3) is 0 Å². The zero-order chi connectivity index (χ0) is 20.2. The highest BCUT2D eigenvalue weighted by molar-refractivity contribution is 5.91. The summed E-state index contributed by atoms with van der Waals surface area (Å²) in [6.07, 6.45) is 3.97. The zero-order valence-corrected chi connectivity index (χ0v) is 16.1. The van der Waals surface area contributed by atoms with Crippen molar-refractivity contribution in [3.05, 3.63) is 53.7 Å². The van der Waals surface area contributed by atoms with E-state index < -0.39 is 6.09 Å². The molecular weight excluding hydrogens is 360 g/mol. The molecule has 0 aliphatic heterocycles. The lowest BCUT2D eigenvalue weighted by atomic mass is 10.2. The number of nitrogens with zero attached hydrogens (tertiary/aromatic N) is 1. The van der Waals surface area contributed by atoms with E-state index in [2.05, 4.69) is 15.6 Å². The van der Waals surface area contributed by atoms with Crippen LogP contribution < -0.4 is 16.4 Å². The molecule has 0 aliphatic carbocycles. The van der Waals surface area contributed by atoms with Crippen molar-refractivity contribution in [3.63, 3.8) is 0 Å². The molecule has 0 fully saturated rings. The van der Waals surface area contributed by atoms with Gasteiger partial charge in [0.2, 0.25) is 5.89 Å². The van der Waals surface area contributed by atoms with E-state index in [1.165, 1.54) is 6.26 Å². The first-order valence-corrected chi connectivity index (χ1v) is 9.54. The number of aromatic nitrogens is 1. The number of ether oxygens (including phenoxy) is 1. The van der Waals surface area contributed by atoms with Crippen LogP contribution in [-0.2, 0) is 11.3 Å². The van der Waals surface area contributed by atoms with Gasteiger partial charge in [-0.1, -0.05) is 43.7 Å². The van der Waals surface area contributed by atoms with Gasteiger partial charge in [0.1, 0.15) is 12.9 Å². The van der Waals surface area contributed by atoms with E-state index in [1.807, 2.05) is 37.3 Å². The van der Waals surface area contributed by atoms with E-state index >= 15 is 0 Å². The first-order chi connectivity index (χ1) is 13.6. The minimum absolute atomic E-state index is 0.226. The number of unbranched alkanes of at least 4 members (excludes halogenated alkanes) is 1. The van der Waals surface area contributed by atoms with Crippen molar-refractivity contribution in [2.45, 2.75) is 45.3 Å². The number of hydrogen-bond donors (Lipinski definition) is 3. The standard InChI is InChI=1S/C20H28N4O4/c1-2-8-16(21)19-24-17(14-27-19)18(25)22-11-6-7-12-23-20(26)28-13-15-9-4-3-5-10-15/h3-5,9-10,14,16H,2,6-8,11-13,21H2,1H3,(H,22,25)(H,23,26). The summed E-state index contributed by atoms with van der Waals surface area (Å²) in [6.45, 7) is 3.21. The normalized spacial score (nSPS) is 11.6. The molecular formula is C20H28N4O4. The van der Waals surface area contributed by atoms with E-state index in [0.717, 1.165) is 18.4 Å². The Balaban J connectivity index is 1.55. The lowest BCUT2D eigenvalue weighted by molar-refractivity contribution is 0.0947. The molecule has 0 saturated carbocycles. The lowest BCUT2D eigenvalue weighted by Crippen LogP contribution is -2.28. The van der Waals surface area contributed by atoms with E-state index in [0.29, 0.717) is 31.8 Å². The Labute approximate surface area is 164 Å². The smallest absolute Gasteiger partial charge is 0.407 e. The van der Waals surface area contributed by atoms with Crippen LogP contribution in [0.5, 0.6) is 0 Å². The van der Waals surface area contributed by atoms with E-state index in [-0.39, 0.29) is 24.2 Å². The quantitative estimate of drug-likeness (QED) is 0.509. The molecule has 28 heavy (non-hydrogen) atoms. The number of amides is 2. The predicted molar refractivity (Wildman–Crippen MR) is 105 cm³/mol. The molecule has 1 atom stereocenters. The minimum atomic E-state index is -0.452. The van der Waals surface area contributed by atoms with Crippen molar-refractivity contribution in [2.75, 3.05) is 13.1 Å². The Morgan fingerprint density at radius 3 is 2.61 bits per heavy atom. The van der Waals surface area contributed by atoms with Gasteiger partial charge in [0.05, 0.1) is 6.04 Å². The summed E-state index contributed by atoms with van der Waals surface area (Å²) < 4.78 is 10.4. The number of alkyl carbamates (subject to hydrolysis) is 1. The molecule has 152 valence electrons. The summed E-state index contributed by atoms with van der Waals surface area (Å²) in [4.78, 5) is 27.8. The highest BCUT2D eigenvalue weighted by Crippen LogP contribution is 2.14. The number of carbonyl (C=O) groups is 2. The lowest BCUT2D eigenvalue weighted by Gasteiger charge is -2.07. The number of carbonyl (C=O) groups excluding carboxylic acids is 2. The molecule has 1 heterocycles. The van der Waals surface area contributed by atoms with Crippen LogP contribution in [0, 0.1) is 0 Å². The first-order valence-electron chi connectivity index (χ1n) is 9.54. The molecule has 1 unspecified atom stereocenters. The number of hydrogen-bond acceptors (Lipinski definition) is 6. The van der Waals surface area contributed by atoms with Crippen molar-refractivity contribution in [1.82, 2.24) is 15.6 Å². The maximum atomic E-state index is 12.0. The minimum Gasteiger partial charge on any atom is -0.446 e. The molecule has 0 saturated heterocycles. The van der Waals surface area contributed by atoms with Gasteiger partial charge in [-0.15, -0.1) is 0 Å². The van der Waals surface area contributed by atoms with Gasteiger partial charge in [-0.25, -0.2) is 9.78 Å². The summed E-state index contributed by atoms with van der Waals surface area (Å²) in [7, 11) is 0. The molecule has 0 radical (unpaired) electrons. The van der Waals surface area contributed by atoms with Crippen LogP contribution in [0.3, 0.4) is 0 Å². The average Bonchev–Trinajstić information content (AvgIpc) is 3.20. The molecule has 8 nitrogen and oxygen atoms in total. The Morgan fingerprint density at radius 1 is 1.18 bits per heavy atom. The summed E-state index contributed by atoms with van der Waals surface area (Å²) in [5, 5.41) is 5.46. The van der Waals surface area contributed by atoms with Gasteiger partial charge < -0.3 is 25.5 Å². The molecule has 1 aromatic carbocycles. The largest absolute Gasteiger partial charge is 0.446 e. The highest BCUT2D eigenvalue weighted by Gasteiger charge is 2.16. The predicted octanol–water partition coefficient (Wildman–Crippen LogP) is 2.91. The maximum Gasteiger partial charge on any atom is 0.407 e. The number of benzene rings is 1. The SMILES string of the molecule is CCCC(N)c1nc(C(=O)NCCCCNC(=O)OCc2ccccc2)co1. The highest BCUT2D eigenvalue weighted by atomic mass is 16.5. The molecule has 2 rings (SSSR count). The number of oxazole rings is 1. The maximum absolute atomic E-state index is 12.0. The van der Waals surface area contributed by atoms with Gasteiger partial charge in [-0.2, -0.15) is 0 Å². The Morgan fingerprint density at radius 2 is 1.89 bits per heavy atom. The number of nitrogens with one attached hydrogen (secondary N) is 2. The van der Waals surface area contributed by atoms with Gasteiger partial charge in [0.25, 0.3) is 5.91 Å². The summed E-state index contributed by atoms with van der Waals surface area (Å²) in [6, 6.07) is 9.19. The average molecular weight is 388 g/mol. The second-order valence-electron chi connectivity index (χ2n) is 6.42. The molecule has 1 aromatic heterocycles. The Hall–Kier alpha value is -2.87. The molecule has 2 aromatic rings. The number of nitrogens with two attached hydrogens (primary N) is 1. The van der Waals surface area contributed by atoms with Crippen LogP contribution in [0.4, 0.5) is 4.79 Å². The van der Waals surface area contributed by atoms with E-state index in [9.17, 15) is 9.59 Å². The van der Waals surface area contributed by atoms with Crippen LogP contribution in [0.2, 0.25) is 0 Å². The molecule has 4 N–H and O–H groups in total. The Bertz CT molecular complexity index is 733. The summed E-state index contributed by atoms with van der Waals surface area (Å²) in [5.41, 5.74) is 7.08. The van der Waals surface area contributed by atoms with Crippen molar-refractivity contribution < 1.29 is 18.7 Å². The molecule has 0 bridgehead atoms. The fourth-order valence-electron chi connectivity index (χ4n) is 2.50. The van der Waals surface area contributed by atoms with Crippen LogP contribution in [0.1, 0.15) is 60.6 Å². The van der Waals surface area contributed by atoms with Gasteiger partial charge in [0.15, 0.2) is 5.69 Å². The van der Waals surface area contributed by atoms with Crippen LogP contribution in [0.15, 0.2) is 41.0 Å². The molecule has 8 heteroatoms. The number of rotatable bonds is 11. The van der Waals surface area contributed by atoms with Gasteiger partial charge in [-0.3, -0.25) is 4.79 Å². The summed E-state index contributed by atoms with van der Waals surface area (Å²) in [5.74, 6) is 0.0825. The van der Waals surface area contributed by atoms with Crippen molar-refractivity contribution >= 4 is 12.0 Å². The van der Waals surface area contributed by atoms with Crippen LogP contribution in [-0.4, -0.2) is 30.1 Å². The van der Waals surface area contributed by atoms with E-state index in [1.54, 1.807) is 0 Å². The Kier molecular flexibility index (Phi) is 9.00. The first kappa shape index (κ1) is 21.4. The summed E-state index contributed by atoms with van der Waals surface area (Å²) >= 11 is 0. The topological polar surface area (TPSA) is 119 Å². The van der Waals surface area contributed by atoms with Crippen molar-refractivity contribution in [1.29, 1.82) is 0 Å².